The van der Waals surface area contributed by atoms with Crippen molar-refractivity contribution in [2.45, 2.75) is 44.6 Å². The Hall–Kier alpha value is -1.47. The predicted molar refractivity (Wildman–Crippen MR) is 79.3 cm³/mol. The molecule has 122 valence electrons. The number of likely N-dealkylation sites (tertiary alicyclic amines) is 2. The van der Waals surface area contributed by atoms with Gasteiger partial charge in [0.2, 0.25) is 11.8 Å². The molecule has 3 rings (SSSR count). The summed E-state index contributed by atoms with van der Waals surface area (Å²) in [5.74, 6) is 1.78. The Labute approximate surface area is 130 Å². The Morgan fingerprint density at radius 3 is 2.91 bits per heavy atom. The van der Waals surface area contributed by atoms with Gasteiger partial charge >= 0.3 is 0 Å². The summed E-state index contributed by atoms with van der Waals surface area (Å²) >= 11 is 0. The fourth-order valence-electron chi connectivity index (χ4n) is 3.41. The lowest BCUT2D eigenvalue weighted by Gasteiger charge is -2.33. The molecule has 7 heteroatoms. The molecule has 2 atom stereocenters. The number of piperidine rings is 1. The predicted octanol–water partition coefficient (Wildman–Crippen LogP) is 0.541. The molecule has 1 N–H and O–H groups in total. The van der Waals surface area contributed by atoms with E-state index in [-0.39, 0.29) is 11.8 Å². The van der Waals surface area contributed by atoms with E-state index in [9.17, 15) is 9.90 Å². The van der Waals surface area contributed by atoms with Gasteiger partial charge in [-0.1, -0.05) is 5.16 Å². The van der Waals surface area contributed by atoms with Crippen LogP contribution in [0.15, 0.2) is 4.52 Å². The van der Waals surface area contributed by atoms with Crippen LogP contribution in [0.1, 0.15) is 43.3 Å². The van der Waals surface area contributed by atoms with Gasteiger partial charge in [0.1, 0.15) is 0 Å². The molecule has 0 spiro atoms. The van der Waals surface area contributed by atoms with Crippen LogP contribution < -0.4 is 0 Å². The molecule has 2 fully saturated rings. The second-order valence-corrected chi connectivity index (χ2v) is 6.38. The molecule has 2 aliphatic rings. The van der Waals surface area contributed by atoms with Gasteiger partial charge < -0.3 is 14.5 Å². The van der Waals surface area contributed by atoms with Crippen LogP contribution in [0.4, 0.5) is 0 Å². The molecule has 7 nitrogen and oxygen atoms in total. The lowest BCUT2D eigenvalue weighted by molar-refractivity contribution is -0.129. The summed E-state index contributed by atoms with van der Waals surface area (Å²) in [6, 6.07) is 0. The van der Waals surface area contributed by atoms with E-state index in [0.29, 0.717) is 31.2 Å². The molecule has 0 radical (unpaired) electrons. The third-order valence-corrected chi connectivity index (χ3v) is 4.47. The topological polar surface area (TPSA) is 82.7 Å². The van der Waals surface area contributed by atoms with Gasteiger partial charge in [-0.3, -0.25) is 9.69 Å². The average Bonchev–Trinajstić information content (AvgIpc) is 3.09. The van der Waals surface area contributed by atoms with Crippen molar-refractivity contribution in [3.8, 4) is 0 Å². The van der Waals surface area contributed by atoms with Crippen molar-refractivity contribution < 1.29 is 14.4 Å². The maximum atomic E-state index is 11.6. The molecule has 2 unspecified atom stereocenters. The van der Waals surface area contributed by atoms with E-state index >= 15 is 0 Å². The third-order valence-electron chi connectivity index (χ3n) is 4.47. The molecule has 0 aliphatic carbocycles. The molecular formula is C15H24N4O3. The molecule has 0 aromatic carbocycles. The molecule has 0 saturated carbocycles. The van der Waals surface area contributed by atoms with Crippen molar-refractivity contribution >= 4 is 5.91 Å². The van der Waals surface area contributed by atoms with Gasteiger partial charge in [0.15, 0.2) is 5.82 Å². The summed E-state index contributed by atoms with van der Waals surface area (Å²) in [7, 11) is 0. The Morgan fingerprint density at radius 1 is 1.36 bits per heavy atom. The Morgan fingerprint density at radius 2 is 2.23 bits per heavy atom. The first-order chi connectivity index (χ1) is 10.6. The zero-order valence-corrected chi connectivity index (χ0v) is 13.1. The van der Waals surface area contributed by atoms with Gasteiger partial charge in [0.25, 0.3) is 0 Å². The number of aliphatic hydroxyl groups excluding tert-OH is 1. The van der Waals surface area contributed by atoms with Crippen LogP contribution in [0.3, 0.4) is 0 Å². The summed E-state index contributed by atoms with van der Waals surface area (Å²) in [5, 5.41) is 14.1. The van der Waals surface area contributed by atoms with Crippen molar-refractivity contribution in [1.29, 1.82) is 0 Å². The third kappa shape index (κ3) is 3.64. The van der Waals surface area contributed by atoms with E-state index in [0.717, 1.165) is 38.9 Å². The first-order valence-corrected chi connectivity index (χ1v) is 8.10. The van der Waals surface area contributed by atoms with Gasteiger partial charge in [-0.05, 0) is 32.7 Å². The molecular weight excluding hydrogens is 284 g/mol. The summed E-state index contributed by atoms with van der Waals surface area (Å²) in [6.45, 7) is 5.43. The fourth-order valence-corrected chi connectivity index (χ4v) is 3.41. The highest BCUT2D eigenvalue weighted by molar-refractivity contribution is 5.78. The summed E-state index contributed by atoms with van der Waals surface area (Å²) < 4.78 is 5.28. The molecule has 0 bridgehead atoms. The van der Waals surface area contributed by atoms with Gasteiger partial charge in [-0.2, -0.15) is 4.98 Å². The highest BCUT2D eigenvalue weighted by atomic mass is 16.5. The van der Waals surface area contributed by atoms with Crippen molar-refractivity contribution in [2.24, 2.45) is 0 Å². The Balaban J connectivity index is 1.50. The molecule has 2 aliphatic heterocycles. The van der Waals surface area contributed by atoms with Crippen LogP contribution in [0.25, 0.3) is 0 Å². The largest absolute Gasteiger partial charge is 0.390 e. The minimum Gasteiger partial charge on any atom is -0.390 e. The minimum atomic E-state index is -0.495. The van der Waals surface area contributed by atoms with E-state index in [4.69, 9.17) is 4.52 Å². The lowest BCUT2D eigenvalue weighted by atomic mass is 9.97. The Bertz CT molecular complexity index is 519. The number of β-amino-alcohol motifs (C(OH)–C–C–N with tert-alkyl or cyclic N) is 1. The second-order valence-electron chi connectivity index (χ2n) is 6.38. The van der Waals surface area contributed by atoms with Crippen molar-refractivity contribution in [3.05, 3.63) is 11.7 Å². The van der Waals surface area contributed by atoms with Crippen LogP contribution in [-0.2, 0) is 4.79 Å². The SMILES string of the molecule is Cc1noc(C2CCCN(CC(O)CN3CCCC3=O)C2)n1. The number of hydrogen-bond donors (Lipinski definition) is 1. The molecule has 1 aromatic rings. The number of carbonyl (C=O) groups excluding carboxylic acids is 1. The van der Waals surface area contributed by atoms with Crippen LogP contribution in [-0.4, -0.2) is 69.8 Å². The van der Waals surface area contributed by atoms with E-state index in [1.807, 2.05) is 6.92 Å². The number of rotatable bonds is 5. The van der Waals surface area contributed by atoms with E-state index in [1.165, 1.54) is 0 Å². The maximum Gasteiger partial charge on any atom is 0.231 e. The fraction of sp³-hybridized carbons (Fsp3) is 0.800. The van der Waals surface area contributed by atoms with Gasteiger partial charge in [0, 0.05) is 32.6 Å². The molecule has 1 amide bonds. The highest BCUT2D eigenvalue weighted by Crippen LogP contribution is 2.25. The van der Waals surface area contributed by atoms with Crippen LogP contribution in [0.2, 0.25) is 0 Å². The number of aliphatic hydroxyl groups is 1. The quantitative estimate of drug-likeness (QED) is 0.855. The summed E-state index contributed by atoms with van der Waals surface area (Å²) in [6.07, 6.45) is 3.13. The smallest absolute Gasteiger partial charge is 0.231 e. The van der Waals surface area contributed by atoms with Gasteiger partial charge in [0.05, 0.1) is 12.0 Å². The molecule has 2 saturated heterocycles. The van der Waals surface area contributed by atoms with E-state index in [1.54, 1.807) is 4.90 Å². The summed E-state index contributed by atoms with van der Waals surface area (Å²) in [4.78, 5) is 19.9. The standard InChI is InChI=1S/C15H24N4O3/c1-11-16-15(22-17-11)12-4-2-6-18(8-12)9-13(20)10-19-7-3-5-14(19)21/h12-13,20H,2-10H2,1H3. The van der Waals surface area contributed by atoms with Gasteiger partial charge in [-0.15, -0.1) is 0 Å². The maximum absolute atomic E-state index is 11.6. The molecule has 3 heterocycles. The van der Waals surface area contributed by atoms with Crippen molar-refractivity contribution in [3.63, 3.8) is 0 Å². The highest BCUT2D eigenvalue weighted by Gasteiger charge is 2.28. The number of aryl methyl sites for hydroxylation is 1. The van der Waals surface area contributed by atoms with E-state index < -0.39 is 6.10 Å². The zero-order valence-electron chi connectivity index (χ0n) is 13.1. The first kappa shape index (κ1) is 15.4. The van der Waals surface area contributed by atoms with Crippen LogP contribution in [0.5, 0.6) is 0 Å². The minimum absolute atomic E-state index is 0.164. The number of nitrogens with zero attached hydrogens (tertiary/aromatic N) is 4. The second kappa shape index (κ2) is 6.75. The Kier molecular flexibility index (Phi) is 4.73. The van der Waals surface area contributed by atoms with Crippen molar-refractivity contribution in [2.75, 3.05) is 32.7 Å². The number of aromatic nitrogens is 2. The van der Waals surface area contributed by atoms with Gasteiger partial charge in [-0.25, -0.2) is 0 Å². The van der Waals surface area contributed by atoms with Crippen LogP contribution in [0, 0.1) is 6.92 Å². The number of carbonyl (C=O) groups is 1. The normalized spacial score (nSPS) is 24.9. The summed E-state index contributed by atoms with van der Waals surface area (Å²) in [5.41, 5.74) is 0. The van der Waals surface area contributed by atoms with Crippen LogP contribution >= 0.6 is 0 Å². The number of hydrogen-bond acceptors (Lipinski definition) is 6. The van der Waals surface area contributed by atoms with E-state index in [2.05, 4.69) is 15.0 Å². The average molecular weight is 308 g/mol. The zero-order chi connectivity index (χ0) is 15.5. The van der Waals surface area contributed by atoms with Crippen molar-refractivity contribution in [1.82, 2.24) is 19.9 Å². The first-order valence-electron chi connectivity index (χ1n) is 8.10. The molecule has 1 aromatic heterocycles. The molecule has 22 heavy (non-hydrogen) atoms. The monoisotopic (exact) mass is 308 g/mol. The lowest BCUT2D eigenvalue weighted by Crippen LogP contribution is -2.44. The number of amides is 1.